The monoisotopic (exact) mass is 310 g/mol. The molecule has 0 aliphatic heterocycles. The van der Waals surface area contributed by atoms with Gasteiger partial charge < -0.3 is 15.4 Å². The molecule has 1 aliphatic carbocycles. The molecule has 5 nitrogen and oxygen atoms in total. The van der Waals surface area contributed by atoms with Crippen molar-refractivity contribution in [1.82, 2.24) is 10.6 Å². The maximum absolute atomic E-state index is 11.8. The molecule has 1 aromatic heterocycles. The Morgan fingerprint density at radius 2 is 2.05 bits per heavy atom. The molecule has 0 saturated heterocycles. The minimum absolute atomic E-state index is 0.154. The molecule has 1 aromatic rings. The van der Waals surface area contributed by atoms with Crippen molar-refractivity contribution in [3.8, 4) is 0 Å². The van der Waals surface area contributed by atoms with Crippen LogP contribution in [0, 0.1) is 6.92 Å². The molecule has 0 spiro atoms. The third-order valence-corrected chi connectivity index (χ3v) is 4.80. The van der Waals surface area contributed by atoms with Gasteiger partial charge in [0.2, 0.25) is 0 Å². The quantitative estimate of drug-likeness (QED) is 0.817. The zero-order chi connectivity index (χ0) is 15.2. The fourth-order valence-corrected chi connectivity index (χ4v) is 3.47. The molecule has 1 unspecified atom stereocenters. The number of nitrogens with one attached hydrogen (secondary N) is 2. The lowest BCUT2D eigenvalue weighted by Gasteiger charge is -2.15. The van der Waals surface area contributed by atoms with Crippen LogP contribution in [-0.2, 0) is 14.3 Å². The average molecular weight is 310 g/mol. The first-order valence-electron chi connectivity index (χ1n) is 7.28. The number of thiophene rings is 1. The number of rotatable bonds is 5. The summed E-state index contributed by atoms with van der Waals surface area (Å²) in [5, 5.41) is 5.42. The largest absolute Gasteiger partial charge is 0.374 e. The SMILES string of the molecule is COC(CNC(=O)C(=O)NC1CCCC1)c1ccc(C)s1. The van der Waals surface area contributed by atoms with Crippen molar-refractivity contribution >= 4 is 23.2 Å². The molecule has 0 radical (unpaired) electrons. The fourth-order valence-electron chi connectivity index (χ4n) is 2.51. The van der Waals surface area contributed by atoms with Crippen LogP contribution in [0.2, 0.25) is 0 Å². The minimum Gasteiger partial charge on any atom is -0.374 e. The van der Waals surface area contributed by atoms with Gasteiger partial charge in [-0.25, -0.2) is 0 Å². The van der Waals surface area contributed by atoms with Crippen LogP contribution in [-0.4, -0.2) is 31.5 Å². The predicted molar refractivity (Wildman–Crippen MR) is 82.2 cm³/mol. The normalized spacial score (nSPS) is 16.7. The van der Waals surface area contributed by atoms with Crippen molar-refractivity contribution in [1.29, 1.82) is 0 Å². The van der Waals surface area contributed by atoms with E-state index in [1.807, 2.05) is 19.1 Å². The summed E-state index contributed by atoms with van der Waals surface area (Å²) in [5.74, 6) is -1.13. The summed E-state index contributed by atoms with van der Waals surface area (Å²) in [4.78, 5) is 25.8. The van der Waals surface area contributed by atoms with E-state index in [1.165, 1.54) is 4.88 Å². The van der Waals surface area contributed by atoms with E-state index < -0.39 is 11.8 Å². The maximum atomic E-state index is 11.8. The van der Waals surface area contributed by atoms with Gasteiger partial charge in [0.05, 0.1) is 0 Å². The molecule has 2 N–H and O–H groups in total. The van der Waals surface area contributed by atoms with Crippen LogP contribution < -0.4 is 10.6 Å². The van der Waals surface area contributed by atoms with Crippen molar-refractivity contribution in [2.45, 2.75) is 44.8 Å². The van der Waals surface area contributed by atoms with E-state index in [9.17, 15) is 9.59 Å². The summed E-state index contributed by atoms with van der Waals surface area (Å²) >= 11 is 1.63. The van der Waals surface area contributed by atoms with E-state index in [1.54, 1.807) is 18.4 Å². The molecule has 2 rings (SSSR count). The zero-order valence-corrected chi connectivity index (χ0v) is 13.3. The summed E-state index contributed by atoms with van der Waals surface area (Å²) < 4.78 is 5.38. The summed E-state index contributed by atoms with van der Waals surface area (Å²) in [6, 6.07) is 4.15. The number of amides is 2. The fraction of sp³-hybridized carbons (Fsp3) is 0.600. The van der Waals surface area contributed by atoms with E-state index >= 15 is 0 Å². The van der Waals surface area contributed by atoms with Gasteiger partial charge in [0.1, 0.15) is 6.10 Å². The lowest BCUT2D eigenvalue weighted by atomic mass is 10.2. The van der Waals surface area contributed by atoms with Crippen LogP contribution in [0.25, 0.3) is 0 Å². The van der Waals surface area contributed by atoms with Crippen LogP contribution in [0.5, 0.6) is 0 Å². The number of ether oxygens (including phenoxy) is 1. The van der Waals surface area contributed by atoms with Crippen LogP contribution in [0.1, 0.15) is 41.5 Å². The number of carbonyl (C=O) groups excluding carboxylic acids is 2. The summed E-state index contributed by atoms with van der Waals surface area (Å²) in [7, 11) is 1.60. The smallest absolute Gasteiger partial charge is 0.309 e. The van der Waals surface area contributed by atoms with Gasteiger partial charge in [0.25, 0.3) is 0 Å². The number of hydrogen-bond donors (Lipinski definition) is 2. The molecular formula is C15H22N2O3S. The highest BCUT2D eigenvalue weighted by Crippen LogP contribution is 2.24. The third-order valence-electron chi connectivity index (χ3n) is 3.71. The van der Waals surface area contributed by atoms with Crippen molar-refractivity contribution in [3.05, 3.63) is 21.9 Å². The van der Waals surface area contributed by atoms with Crippen LogP contribution in [0.4, 0.5) is 0 Å². The molecule has 1 fully saturated rings. The molecule has 6 heteroatoms. The summed E-state index contributed by atoms with van der Waals surface area (Å²) in [5.41, 5.74) is 0. The Labute approximate surface area is 129 Å². The zero-order valence-electron chi connectivity index (χ0n) is 12.5. The number of carbonyl (C=O) groups is 2. The minimum atomic E-state index is -0.586. The topological polar surface area (TPSA) is 67.4 Å². The van der Waals surface area contributed by atoms with Crippen molar-refractivity contribution < 1.29 is 14.3 Å². The highest BCUT2D eigenvalue weighted by Gasteiger charge is 2.22. The molecule has 116 valence electrons. The summed E-state index contributed by atoms with van der Waals surface area (Å²) in [6.45, 7) is 2.32. The van der Waals surface area contributed by atoms with Crippen LogP contribution in [0.3, 0.4) is 0 Å². The van der Waals surface area contributed by atoms with Gasteiger partial charge in [0, 0.05) is 29.5 Å². The van der Waals surface area contributed by atoms with Gasteiger partial charge in [-0.05, 0) is 31.9 Å². The lowest BCUT2D eigenvalue weighted by Crippen LogP contribution is -2.44. The van der Waals surface area contributed by atoms with Crippen molar-refractivity contribution in [3.63, 3.8) is 0 Å². The van der Waals surface area contributed by atoms with Gasteiger partial charge in [-0.2, -0.15) is 0 Å². The molecule has 1 saturated carbocycles. The molecule has 21 heavy (non-hydrogen) atoms. The molecule has 0 bridgehead atoms. The molecule has 1 heterocycles. The second kappa shape index (κ2) is 7.56. The first kappa shape index (κ1) is 16.0. The van der Waals surface area contributed by atoms with Crippen molar-refractivity contribution in [2.24, 2.45) is 0 Å². The van der Waals surface area contributed by atoms with E-state index in [4.69, 9.17) is 4.74 Å². The Bertz CT molecular complexity index is 495. The first-order chi connectivity index (χ1) is 10.1. The first-order valence-corrected chi connectivity index (χ1v) is 8.09. The summed E-state index contributed by atoms with van der Waals surface area (Å²) in [6.07, 6.45) is 3.96. The van der Waals surface area contributed by atoms with Gasteiger partial charge in [-0.15, -0.1) is 11.3 Å². The Kier molecular flexibility index (Phi) is 5.76. The molecule has 2 amide bonds. The molecule has 1 atom stereocenters. The Morgan fingerprint density at radius 1 is 1.33 bits per heavy atom. The molecule has 0 aromatic carbocycles. The highest BCUT2D eigenvalue weighted by atomic mass is 32.1. The van der Waals surface area contributed by atoms with E-state index in [-0.39, 0.29) is 12.1 Å². The molecule has 1 aliphatic rings. The van der Waals surface area contributed by atoms with E-state index in [2.05, 4.69) is 10.6 Å². The number of aryl methyl sites for hydroxylation is 1. The number of methoxy groups -OCH3 is 1. The second-order valence-corrected chi connectivity index (χ2v) is 6.66. The average Bonchev–Trinajstić information content (AvgIpc) is 3.11. The van der Waals surface area contributed by atoms with E-state index in [0.29, 0.717) is 6.54 Å². The van der Waals surface area contributed by atoms with Gasteiger partial charge in [0.15, 0.2) is 0 Å². The van der Waals surface area contributed by atoms with Gasteiger partial charge in [-0.3, -0.25) is 9.59 Å². The highest BCUT2D eigenvalue weighted by molar-refractivity contribution is 7.12. The van der Waals surface area contributed by atoms with Crippen LogP contribution in [0.15, 0.2) is 12.1 Å². The third kappa shape index (κ3) is 4.54. The standard InChI is InChI=1S/C15H22N2O3S/c1-10-7-8-13(21-10)12(20-2)9-16-14(18)15(19)17-11-5-3-4-6-11/h7-8,11-12H,3-6,9H2,1-2H3,(H,16,18)(H,17,19). The Hall–Kier alpha value is -1.40. The Morgan fingerprint density at radius 3 is 2.62 bits per heavy atom. The van der Waals surface area contributed by atoms with Gasteiger partial charge in [-0.1, -0.05) is 12.8 Å². The van der Waals surface area contributed by atoms with Crippen molar-refractivity contribution in [2.75, 3.05) is 13.7 Å². The second-order valence-electron chi connectivity index (χ2n) is 5.34. The number of hydrogen-bond acceptors (Lipinski definition) is 4. The van der Waals surface area contributed by atoms with Crippen LogP contribution >= 0.6 is 11.3 Å². The molecular weight excluding hydrogens is 288 g/mol. The predicted octanol–water partition coefficient (Wildman–Crippen LogP) is 1.92. The van der Waals surface area contributed by atoms with Gasteiger partial charge >= 0.3 is 11.8 Å². The van der Waals surface area contributed by atoms with E-state index in [0.717, 1.165) is 30.6 Å². The Balaban J connectivity index is 1.80. The lowest BCUT2D eigenvalue weighted by molar-refractivity contribution is -0.139. The maximum Gasteiger partial charge on any atom is 0.309 e.